The monoisotopic (exact) mass is 366 g/mol. The summed E-state index contributed by atoms with van der Waals surface area (Å²) >= 11 is 7.39. The molecule has 0 saturated carbocycles. The number of hydrogen-bond donors (Lipinski definition) is 1. The van der Waals surface area contributed by atoms with Gasteiger partial charge in [-0.15, -0.1) is 0 Å². The van der Waals surface area contributed by atoms with Gasteiger partial charge < -0.3 is 15.1 Å². The summed E-state index contributed by atoms with van der Waals surface area (Å²) in [6.07, 6.45) is 1.34. The predicted octanol–water partition coefficient (Wildman–Crippen LogP) is 3.28. The lowest BCUT2D eigenvalue weighted by atomic mass is 9.96. The van der Waals surface area contributed by atoms with Crippen LogP contribution in [0.4, 0.5) is 9.93 Å². The largest absolute Gasteiger partial charge is 0.331 e. The molecule has 1 aliphatic rings. The van der Waals surface area contributed by atoms with Crippen LogP contribution in [0.5, 0.6) is 0 Å². The molecule has 8 heteroatoms. The van der Waals surface area contributed by atoms with Crippen molar-refractivity contribution in [3.05, 3.63) is 23.2 Å². The highest BCUT2D eigenvalue weighted by molar-refractivity contribution is 7.22. The van der Waals surface area contributed by atoms with E-state index in [1.165, 1.54) is 11.3 Å². The van der Waals surface area contributed by atoms with E-state index in [1.54, 1.807) is 30.0 Å². The molecule has 128 valence electrons. The van der Waals surface area contributed by atoms with Gasteiger partial charge in [-0.3, -0.25) is 4.79 Å². The standard InChI is InChI=1S/C16H19ClN4O2S/c1-20(2)16(23)21-7-5-10(6-8-21)14(22)19-15-18-12-4-3-11(17)9-13(12)24-15/h3-4,9-10H,5-8H2,1-2H3,(H,18,19,22). The van der Waals surface area contributed by atoms with Gasteiger partial charge in [-0.1, -0.05) is 22.9 Å². The Morgan fingerprint density at radius 2 is 2.04 bits per heavy atom. The number of likely N-dealkylation sites (tertiary alicyclic amines) is 1. The number of halogens is 1. The van der Waals surface area contributed by atoms with Crippen LogP contribution in [0.1, 0.15) is 12.8 Å². The molecule has 0 aliphatic carbocycles. The Morgan fingerprint density at radius 3 is 2.71 bits per heavy atom. The Kier molecular flexibility index (Phi) is 4.91. The van der Waals surface area contributed by atoms with E-state index in [2.05, 4.69) is 10.3 Å². The molecule has 0 unspecified atom stereocenters. The van der Waals surface area contributed by atoms with Gasteiger partial charge in [0.05, 0.1) is 10.2 Å². The van der Waals surface area contributed by atoms with Crippen LogP contribution in [0.25, 0.3) is 10.2 Å². The highest BCUT2D eigenvalue weighted by Crippen LogP contribution is 2.29. The maximum Gasteiger partial charge on any atom is 0.319 e. The zero-order valence-corrected chi connectivity index (χ0v) is 15.2. The number of fused-ring (bicyclic) bond motifs is 1. The molecular weight excluding hydrogens is 348 g/mol. The highest BCUT2D eigenvalue weighted by atomic mass is 35.5. The van der Waals surface area contributed by atoms with Crippen molar-refractivity contribution >= 4 is 50.2 Å². The van der Waals surface area contributed by atoms with Gasteiger partial charge >= 0.3 is 6.03 Å². The lowest BCUT2D eigenvalue weighted by molar-refractivity contribution is -0.121. The molecule has 2 heterocycles. The smallest absolute Gasteiger partial charge is 0.319 e. The number of carbonyl (C=O) groups excluding carboxylic acids is 2. The van der Waals surface area contributed by atoms with Gasteiger partial charge in [-0.25, -0.2) is 9.78 Å². The SMILES string of the molecule is CN(C)C(=O)N1CCC(C(=O)Nc2nc3ccc(Cl)cc3s2)CC1. The van der Waals surface area contributed by atoms with Crippen molar-refractivity contribution in [3.63, 3.8) is 0 Å². The fourth-order valence-electron chi connectivity index (χ4n) is 2.78. The predicted molar refractivity (Wildman–Crippen MR) is 96.6 cm³/mol. The van der Waals surface area contributed by atoms with Crippen molar-refractivity contribution < 1.29 is 9.59 Å². The minimum Gasteiger partial charge on any atom is -0.331 e. The minimum atomic E-state index is -0.0909. The van der Waals surface area contributed by atoms with E-state index in [1.807, 2.05) is 12.1 Å². The summed E-state index contributed by atoms with van der Waals surface area (Å²) in [7, 11) is 3.47. The number of carbonyl (C=O) groups is 2. The molecule has 1 fully saturated rings. The molecule has 1 N–H and O–H groups in total. The van der Waals surface area contributed by atoms with Gasteiger partial charge in [-0.2, -0.15) is 0 Å². The lowest BCUT2D eigenvalue weighted by Crippen LogP contribution is -2.45. The maximum absolute atomic E-state index is 12.4. The number of nitrogens with one attached hydrogen (secondary N) is 1. The summed E-state index contributed by atoms with van der Waals surface area (Å²) in [6.45, 7) is 1.20. The number of piperidine rings is 1. The average molecular weight is 367 g/mol. The molecule has 1 aromatic carbocycles. The van der Waals surface area contributed by atoms with Crippen LogP contribution in [-0.4, -0.2) is 53.9 Å². The average Bonchev–Trinajstić information content (AvgIpc) is 2.95. The Labute approximate surface area is 149 Å². The summed E-state index contributed by atoms with van der Waals surface area (Å²) in [5, 5.41) is 4.14. The number of rotatable bonds is 2. The zero-order valence-electron chi connectivity index (χ0n) is 13.6. The lowest BCUT2D eigenvalue weighted by Gasteiger charge is -2.32. The zero-order chi connectivity index (χ0) is 17.3. The van der Waals surface area contributed by atoms with Crippen LogP contribution in [0, 0.1) is 5.92 Å². The Morgan fingerprint density at radius 1 is 1.33 bits per heavy atom. The molecule has 0 spiro atoms. The van der Waals surface area contributed by atoms with Crippen LogP contribution in [0.2, 0.25) is 5.02 Å². The number of hydrogen-bond acceptors (Lipinski definition) is 4. The van der Waals surface area contributed by atoms with E-state index in [0.717, 1.165) is 10.2 Å². The van der Waals surface area contributed by atoms with E-state index in [4.69, 9.17) is 11.6 Å². The van der Waals surface area contributed by atoms with Gasteiger partial charge in [0.2, 0.25) is 5.91 Å². The van der Waals surface area contributed by atoms with E-state index in [9.17, 15) is 9.59 Å². The summed E-state index contributed by atoms with van der Waals surface area (Å²) in [4.78, 5) is 32.1. The molecule has 2 aromatic rings. The first-order chi connectivity index (χ1) is 11.4. The summed E-state index contributed by atoms with van der Waals surface area (Å²) < 4.78 is 0.948. The maximum atomic E-state index is 12.4. The quantitative estimate of drug-likeness (QED) is 0.886. The van der Waals surface area contributed by atoms with Gasteiger partial charge in [-0.05, 0) is 31.0 Å². The van der Waals surface area contributed by atoms with E-state index in [-0.39, 0.29) is 17.9 Å². The molecule has 24 heavy (non-hydrogen) atoms. The van der Waals surface area contributed by atoms with Crippen LogP contribution in [-0.2, 0) is 4.79 Å². The first-order valence-electron chi connectivity index (χ1n) is 7.77. The van der Waals surface area contributed by atoms with Gasteiger partial charge in [0.1, 0.15) is 0 Å². The van der Waals surface area contributed by atoms with Crippen molar-refractivity contribution in [1.82, 2.24) is 14.8 Å². The second-order valence-corrected chi connectivity index (χ2v) is 7.53. The van der Waals surface area contributed by atoms with Crippen LogP contribution >= 0.6 is 22.9 Å². The minimum absolute atomic E-state index is 0.00286. The van der Waals surface area contributed by atoms with Crippen molar-refractivity contribution in [2.75, 3.05) is 32.5 Å². The van der Waals surface area contributed by atoms with Crippen molar-refractivity contribution in [2.45, 2.75) is 12.8 Å². The fraction of sp³-hybridized carbons (Fsp3) is 0.438. The second kappa shape index (κ2) is 6.94. The summed E-state index contributed by atoms with van der Waals surface area (Å²) in [5.41, 5.74) is 0.825. The third-order valence-electron chi connectivity index (χ3n) is 4.10. The van der Waals surface area contributed by atoms with E-state index >= 15 is 0 Å². The van der Waals surface area contributed by atoms with Gasteiger partial charge in [0.25, 0.3) is 0 Å². The number of aromatic nitrogens is 1. The van der Waals surface area contributed by atoms with E-state index in [0.29, 0.717) is 36.1 Å². The molecule has 0 bridgehead atoms. The van der Waals surface area contributed by atoms with Crippen LogP contribution in [0.15, 0.2) is 18.2 Å². The molecule has 1 aliphatic heterocycles. The van der Waals surface area contributed by atoms with Gasteiger partial charge in [0.15, 0.2) is 5.13 Å². The third kappa shape index (κ3) is 3.62. The molecule has 1 aromatic heterocycles. The molecular formula is C16H19ClN4O2S. The van der Waals surface area contributed by atoms with Gasteiger partial charge in [0, 0.05) is 38.1 Å². The fourth-order valence-corrected chi connectivity index (χ4v) is 3.92. The molecule has 1 saturated heterocycles. The summed E-state index contributed by atoms with van der Waals surface area (Å²) in [6, 6.07) is 5.47. The molecule has 0 atom stereocenters. The van der Waals surface area contributed by atoms with Crippen molar-refractivity contribution in [3.8, 4) is 0 Å². The second-order valence-electron chi connectivity index (χ2n) is 6.06. The Hall–Kier alpha value is -1.86. The number of urea groups is 1. The Bertz CT molecular complexity index is 769. The van der Waals surface area contributed by atoms with E-state index < -0.39 is 0 Å². The molecule has 3 amide bonds. The number of amides is 3. The number of nitrogens with zero attached hydrogens (tertiary/aromatic N) is 3. The molecule has 0 radical (unpaired) electrons. The van der Waals surface area contributed by atoms with Crippen molar-refractivity contribution in [1.29, 1.82) is 0 Å². The summed E-state index contributed by atoms with van der Waals surface area (Å²) in [5.74, 6) is -0.121. The third-order valence-corrected chi connectivity index (χ3v) is 5.27. The van der Waals surface area contributed by atoms with Crippen molar-refractivity contribution in [2.24, 2.45) is 5.92 Å². The van der Waals surface area contributed by atoms with Crippen LogP contribution in [0.3, 0.4) is 0 Å². The molecule has 3 rings (SSSR count). The Balaban J connectivity index is 1.60. The number of thiazole rings is 1. The first-order valence-corrected chi connectivity index (χ1v) is 8.96. The number of anilines is 1. The topological polar surface area (TPSA) is 65.5 Å². The normalized spacial score (nSPS) is 15.5. The first kappa shape index (κ1) is 17.0. The highest BCUT2D eigenvalue weighted by Gasteiger charge is 2.28. The van der Waals surface area contributed by atoms with Crippen LogP contribution < -0.4 is 5.32 Å². The molecule has 6 nitrogen and oxygen atoms in total. The number of benzene rings is 1.